The Morgan fingerprint density at radius 2 is 1.79 bits per heavy atom. The topological polar surface area (TPSA) is 84.7 Å². The highest BCUT2D eigenvalue weighted by molar-refractivity contribution is 7.89. The molecular formula is C23H26F2N4O4S. The first-order valence-corrected chi connectivity index (χ1v) is 12.3. The van der Waals surface area contributed by atoms with Crippen molar-refractivity contribution in [2.24, 2.45) is 5.92 Å². The first kappa shape index (κ1) is 24.1. The molecule has 4 rings (SSSR count). The molecule has 1 aromatic heterocycles. The monoisotopic (exact) mass is 492 g/mol. The number of benzene rings is 2. The predicted molar refractivity (Wildman–Crippen MR) is 122 cm³/mol. The van der Waals surface area contributed by atoms with E-state index in [-0.39, 0.29) is 36.3 Å². The summed E-state index contributed by atoms with van der Waals surface area (Å²) in [5, 5.41) is 0. The van der Waals surface area contributed by atoms with Gasteiger partial charge in [-0.05, 0) is 49.2 Å². The van der Waals surface area contributed by atoms with E-state index in [1.54, 1.807) is 43.4 Å². The van der Waals surface area contributed by atoms with Crippen molar-refractivity contribution in [3.05, 3.63) is 54.4 Å². The molecule has 2 aromatic carbocycles. The summed E-state index contributed by atoms with van der Waals surface area (Å²) in [6.07, 6.45) is 0.702. The molecule has 2 heterocycles. The molecule has 1 aliphatic rings. The number of sulfonamides is 1. The van der Waals surface area contributed by atoms with E-state index in [0.29, 0.717) is 29.6 Å². The Morgan fingerprint density at radius 1 is 1.15 bits per heavy atom. The molecular weight excluding hydrogens is 466 g/mol. The van der Waals surface area contributed by atoms with Gasteiger partial charge in [0, 0.05) is 26.1 Å². The number of alkyl halides is 2. The fourth-order valence-electron chi connectivity index (χ4n) is 4.27. The molecule has 0 spiro atoms. The summed E-state index contributed by atoms with van der Waals surface area (Å²) in [6.45, 7) is -2.44. The lowest BCUT2D eigenvalue weighted by Crippen LogP contribution is -2.43. The fourth-order valence-corrected chi connectivity index (χ4v) is 5.73. The number of fused-ring (bicyclic) bond motifs is 1. The molecule has 0 unspecified atom stereocenters. The Hall–Kier alpha value is -3.05. The van der Waals surface area contributed by atoms with Gasteiger partial charge < -0.3 is 9.64 Å². The molecule has 1 saturated heterocycles. The second-order valence-corrected chi connectivity index (χ2v) is 10.2. The first-order chi connectivity index (χ1) is 16.2. The van der Waals surface area contributed by atoms with Gasteiger partial charge in [0.25, 0.3) is 0 Å². The van der Waals surface area contributed by atoms with Crippen LogP contribution in [0.2, 0.25) is 0 Å². The van der Waals surface area contributed by atoms with Crippen molar-refractivity contribution in [3.8, 4) is 5.75 Å². The summed E-state index contributed by atoms with van der Waals surface area (Å²) >= 11 is 0. The normalized spacial score (nSPS) is 15.7. The molecule has 0 bridgehead atoms. The summed E-state index contributed by atoms with van der Waals surface area (Å²) in [5.74, 6) is 0.0595. The summed E-state index contributed by atoms with van der Waals surface area (Å²) in [4.78, 5) is 18.9. The van der Waals surface area contributed by atoms with Crippen molar-refractivity contribution >= 4 is 27.0 Å². The van der Waals surface area contributed by atoms with Gasteiger partial charge in [0.1, 0.15) is 11.6 Å². The third kappa shape index (κ3) is 4.62. The van der Waals surface area contributed by atoms with E-state index in [9.17, 15) is 22.0 Å². The number of nitrogens with zero attached hydrogens (tertiary/aromatic N) is 4. The predicted octanol–water partition coefficient (Wildman–Crippen LogP) is 3.50. The Morgan fingerprint density at radius 3 is 2.41 bits per heavy atom. The van der Waals surface area contributed by atoms with Crippen LogP contribution in [0.15, 0.2) is 53.4 Å². The van der Waals surface area contributed by atoms with Crippen LogP contribution in [0, 0.1) is 5.92 Å². The zero-order valence-corrected chi connectivity index (χ0v) is 19.7. The number of carbonyl (C=O) groups is 1. The maximum absolute atomic E-state index is 13.7. The highest BCUT2D eigenvalue weighted by atomic mass is 32.2. The first-order valence-electron chi connectivity index (χ1n) is 10.9. The summed E-state index contributed by atoms with van der Waals surface area (Å²) in [6, 6.07) is 12.8. The van der Waals surface area contributed by atoms with E-state index in [4.69, 9.17) is 4.74 Å². The van der Waals surface area contributed by atoms with Gasteiger partial charge in [-0.3, -0.25) is 9.36 Å². The van der Waals surface area contributed by atoms with Crippen LogP contribution in [-0.2, 0) is 21.4 Å². The van der Waals surface area contributed by atoms with Gasteiger partial charge >= 0.3 is 6.55 Å². The average Bonchev–Trinajstić information content (AvgIpc) is 3.21. The number of aromatic nitrogens is 2. The van der Waals surface area contributed by atoms with Gasteiger partial charge in [0.15, 0.2) is 0 Å². The van der Waals surface area contributed by atoms with E-state index in [1.807, 2.05) is 0 Å². The number of hydrogen-bond donors (Lipinski definition) is 0. The molecule has 3 aromatic rings. The standard InChI is InChI=1S/C23H26F2N4O4S/c1-27(15-21-26-19-5-3-4-6-20(19)29(21)23(24)25)22(30)16-11-13-28(14-12-16)34(31,32)18-9-7-17(33-2)8-10-18/h3-10,16,23H,11-15H2,1-2H3. The van der Waals surface area contributed by atoms with E-state index in [0.717, 1.165) is 4.57 Å². The lowest BCUT2D eigenvalue weighted by Gasteiger charge is -2.32. The Labute approximate surface area is 196 Å². The number of rotatable bonds is 7. The summed E-state index contributed by atoms with van der Waals surface area (Å²) < 4.78 is 60.5. The van der Waals surface area contributed by atoms with Crippen LogP contribution in [0.4, 0.5) is 8.78 Å². The SMILES string of the molecule is COc1ccc(S(=O)(=O)N2CCC(C(=O)N(C)Cc3nc4ccccc4n3C(F)F)CC2)cc1. The molecule has 1 fully saturated rings. The van der Waals surface area contributed by atoms with Crippen LogP contribution in [0.3, 0.4) is 0 Å². The van der Waals surface area contributed by atoms with E-state index in [1.165, 1.54) is 28.4 Å². The Bertz CT molecular complexity index is 1270. The van der Waals surface area contributed by atoms with Crippen LogP contribution >= 0.6 is 0 Å². The highest BCUT2D eigenvalue weighted by Gasteiger charge is 2.33. The molecule has 1 amide bonds. The second kappa shape index (κ2) is 9.67. The molecule has 8 nitrogen and oxygen atoms in total. The minimum Gasteiger partial charge on any atom is -0.497 e. The maximum atomic E-state index is 13.7. The number of ether oxygens (including phenoxy) is 1. The number of piperidine rings is 1. The van der Waals surface area contributed by atoms with Gasteiger partial charge in [-0.15, -0.1) is 0 Å². The van der Waals surface area contributed by atoms with Crippen molar-refractivity contribution in [1.82, 2.24) is 18.8 Å². The third-order valence-corrected chi connectivity index (χ3v) is 8.03. The molecule has 0 aliphatic carbocycles. The second-order valence-electron chi connectivity index (χ2n) is 8.21. The van der Waals surface area contributed by atoms with Gasteiger partial charge in [0.05, 0.1) is 29.6 Å². The number of halogens is 2. The zero-order chi connectivity index (χ0) is 24.5. The third-order valence-electron chi connectivity index (χ3n) is 6.12. The largest absolute Gasteiger partial charge is 0.497 e. The van der Waals surface area contributed by atoms with Crippen molar-refractivity contribution in [2.45, 2.75) is 30.8 Å². The van der Waals surface area contributed by atoms with Crippen LogP contribution < -0.4 is 4.74 Å². The fraction of sp³-hybridized carbons (Fsp3) is 0.391. The molecule has 0 saturated carbocycles. The van der Waals surface area contributed by atoms with Crippen LogP contribution in [-0.4, -0.2) is 60.3 Å². The van der Waals surface area contributed by atoms with Crippen molar-refractivity contribution in [2.75, 3.05) is 27.2 Å². The van der Waals surface area contributed by atoms with Crippen molar-refractivity contribution in [3.63, 3.8) is 0 Å². The molecule has 0 atom stereocenters. The quantitative estimate of drug-likeness (QED) is 0.504. The summed E-state index contributed by atoms with van der Waals surface area (Å²) in [5.41, 5.74) is 0.751. The average molecular weight is 493 g/mol. The smallest absolute Gasteiger partial charge is 0.320 e. The molecule has 1 aliphatic heterocycles. The minimum absolute atomic E-state index is 0.0672. The maximum Gasteiger partial charge on any atom is 0.320 e. The van der Waals surface area contributed by atoms with E-state index in [2.05, 4.69) is 4.98 Å². The molecule has 0 radical (unpaired) electrons. The Balaban J connectivity index is 1.41. The number of imidazole rings is 1. The summed E-state index contributed by atoms with van der Waals surface area (Å²) in [7, 11) is -0.620. The number of amides is 1. The number of carbonyl (C=O) groups excluding carboxylic acids is 1. The van der Waals surface area contributed by atoms with E-state index < -0.39 is 22.5 Å². The number of methoxy groups -OCH3 is 1. The molecule has 182 valence electrons. The van der Waals surface area contributed by atoms with Crippen LogP contribution in [0.5, 0.6) is 5.75 Å². The van der Waals surface area contributed by atoms with Crippen molar-refractivity contribution in [1.29, 1.82) is 0 Å². The number of hydrogen-bond acceptors (Lipinski definition) is 5. The molecule has 11 heteroatoms. The number of para-hydroxylation sites is 2. The van der Waals surface area contributed by atoms with Gasteiger partial charge in [0.2, 0.25) is 15.9 Å². The zero-order valence-electron chi connectivity index (χ0n) is 18.9. The van der Waals surface area contributed by atoms with Gasteiger partial charge in [-0.25, -0.2) is 13.4 Å². The Kier molecular flexibility index (Phi) is 6.85. The molecule has 34 heavy (non-hydrogen) atoms. The van der Waals surface area contributed by atoms with Crippen LogP contribution in [0.25, 0.3) is 11.0 Å². The lowest BCUT2D eigenvalue weighted by molar-refractivity contribution is -0.136. The van der Waals surface area contributed by atoms with E-state index >= 15 is 0 Å². The molecule has 0 N–H and O–H groups in total. The lowest BCUT2D eigenvalue weighted by atomic mass is 9.96. The van der Waals surface area contributed by atoms with Gasteiger partial charge in [-0.2, -0.15) is 13.1 Å². The highest BCUT2D eigenvalue weighted by Crippen LogP contribution is 2.28. The van der Waals surface area contributed by atoms with Crippen LogP contribution in [0.1, 0.15) is 25.2 Å². The van der Waals surface area contributed by atoms with Gasteiger partial charge in [-0.1, -0.05) is 12.1 Å². The van der Waals surface area contributed by atoms with Crippen molar-refractivity contribution < 1.29 is 26.7 Å². The minimum atomic E-state index is -3.68.